The quantitative estimate of drug-likeness (QED) is 0.527. The number of anilines is 3. The van der Waals surface area contributed by atoms with Crippen LogP contribution in [-0.2, 0) is 6.54 Å². The summed E-state index contributed by atoms with van der Waals surface area (Å²) < 4.78 is 40.5. The van der Waals surface area contributed by atoms with E-state index in [1.54, 1.807) is 12.4 Å². The van der Waals surface area contributed by atoms with E-state index in [0.717, 1.165) is 11.8 Å². The maximum Gasteiger partial charge on any atom is 0.573 e. The van der Waals surface area contributed by atoms with Gasteiger partial charge in [0.2, 0.25) is 0 Å². The summed E-state index contributed by atoms with van der Waals surface area (Å²) >= 11 is 0. The summed E-state index contributed by atoms with van der Waals surface area (Å²) in [6, 6.07) is 8.91. The van der Waals surface area contributed by atoms with Gasteiger partial charge >= 0.3 is 6.36 Å². The van der Waals surface area contributed by atoms with E-state index in [9.17, 15) is 13.2 Å². The van der Waals surface area contributed by atoms with Crippen LogP contribution in [0.1, 0.15) is 11.1 Å². The van der Waals surface area contributed by atoms with E-state index >= 15 is 0 Å². The first kappa shape index (κ1) is 19.1. The SMILES string of the molecule is N=Cc1c(NCc2cccnc2)ncnc1Nc1ccc(OC(F)(F)F)cc1. The molecule has 3 aromatic rings. The molecule has 0 amide bonds. The summed E-state index contributed by atoms with van der Waals surface area (Å²) in [6.07, 6.45) is 1.05. The van der Waals surface area contributed by atoms with E-state index in [1.807, 2.05) is 12.1 Å². The van der Waals surface area contributed by atoms with Gasteiger partial charge in [-0.2, -0.15) is 0 Å². The molecule has 0 aliphatic rings. The average Bonchev–Trinajstić information content (AvgIpc) is 2.67. The molecule has 144 valence electrons. The van der Waals surface area contributed by atoms with Gasteiger partial charge in [-0.25, -0.2) is 9.97 Å². The first-order valence-electron chi connectivity index (χ1n) is 8.06. The molecule has 0 bridgehead atoms. The van der Waals surface area contributed by atoms with Crippen LogP contribution in [0.3, 0.4) is 0 Å². The van der Waals surface area contributed by atoms with Crippen molar-refractivity contribution in [2.45, 2.75) is 12.9 Å². The molecule has 3 N–H and O–H groups in total. The lowest BCUT2D eigenvalue weighted by Crippen LogP contribution is -2.17. The molecule has 0 spiro atoms. The van der Waals surface area contributed by atoms with Crippen molar-refractivity contribution >= 4 is 23.5 Å². The summed E-state index contributed by atoms with van der Waals surface area (Å²) in [4.78, 5) is 12.3. The Morgan fingerprint density at radius 1 is 1.07 bits per heavy atom. The third kappa shape index (κ3) is 5.16. The molecule has 0 saturated heterocycles. The Hall–Kier alpha value is -3.69. The fourth-order valence-corrected chi connectivity index (χ4v) is 2.34. The lowest BCUT2D eigenvalue weighted by atomic mass is 10.2. The summed E-state index contributed by atoms with van der Waals surface area (Å²) in [7, 11) is 0. The molecule has 10 heteroatoms. The number of rotatable bonds is 7. The number of hydrogen-bond donors (Lipinski definition) is 3. The van der Waals surface area contributed by atoms with Crippen LogP contribution in [0.15, 0.2) is 55.1 Å². The van der Waals surface area contributed by atoms with Gasteiger partial charge < -0.3 is 20.8 Å². The maximum atomic E-state index is 12.2. The van der Waals surface area contributed by atoms with E-state index in [1.165, 1.54) is 30.6 Å². The topological polar surface area (TPSA) is 95.8 Å². The van der Waals surface area contributed by atoms with Gasteiger partial charge in [0.25, 0.3) is 0 Å². The van der Waals surface area contributed by atoms with Crippen molar-refractivity contribution in [3.63, 3.8) is 0 Å². The van der Waals surface area contributed by atoms with Crippen LogP contribution in [0.4, 0.5) is 30.5 Å². The zero-order chi connectivity index (χ0) is 20.0. The van der Waals surface area contributed by atoms with E-state index in [0.29, 0.717) is 29.4 Å². The first-order valence-corrected chi connectivity index (χ1v) is 8.06. The molecule has 0 aliphatic carbocycles. The minimum Gasteiger partial charge on any atom is -0.406 e. The zero-order valence-corrected chi connectivity index (χ0v) is 14.4. The highest BCUT2D eigenvalue weighted by Crippen LogP contribution is 2.26. The summed E-state index contributed by atoms with van der Waals surface area (Å²) in [6.45, 7) is 0.453. The van der Waals surface area contributed by atoms with E-state index in [-0.39, 0.29) is 5.75 Å². The molecule has 0 radical (unpaired) electrons. The molecule has 0 fully saturated rings. The predicted molar refractivity (Wildman–Crippen MR) is 97.9 cm³/mol. The molecule has 7 nitrogen and oxygen atoms in total. The molecule has 28 heavy (non-hydrogen) atoms. The van der Waals surface area contributed by atoms with Crippen LogP contribution in [0.2, 0.25) is 0 Å². The average molecular weight is 388 g/mol. The Morgan fingerprint density at radius 3 is 2.46 bits per heavy atom. The third-order valence-corrected chi connectivity index (χ3v) is 3.56. The van der Waals surface area contributed by atoms with Gasteiger partial charge in [0, 0.05) is 30.8 Å². The van der Waals surface area contributed by atoms with Crippen molar-refractivity contribution in [3.05, 3.63) is 66.2 Å². The van der Waals surface area contributed by atoms with Crippen molar-refractivity contribution in [2.24, 2.45) is 0 Å². The van der Waals surface area contributed by atoms with Gasteiger partial charge in [-0.05, 0) is 35.9 Å². The molecule has 0 saturated carbocycles. The Kier molecular flexibility index (Phi) is 5.68. The second kappa shape index (κ2) is 8.33. The van der Waals surface area contributed by atoms with Crippen molar-refractivity contribution in [3.8, 4) is 5.75 Å². The molecule has 0 unspecified atom stereocenters. The molecule has 0 aliphatic heterocycles. The highest BCUT2D eigenvalue weighted by Gasteiger charge is 2.30. The van der Waals surface area contributed by atoms with Gasteiger partial charge in [0.05, 0.1) is 5.56 Å². The zero-order valence-electron chi connectivity index (χ0n) is 14.4. The minimum atomic E-state index is -4.75. The number of aromatic nitrogens is 3. The Labute approximate surface area is 158 Å². The smallest absolute Gasteiger partial charge is 0.406 e. The van der Waals surface area contributed by atoms with Crippen molar-refractivity contribution in [1.82, 2.24) is 15.0 Å². The van der Waals surface area contributed by atoms with Crippen molar-refractivity contribution in [1.29, 1.82) is 5.41 Å². The second-order valence-electron chi connectivity index (χ2n) is 5.54. The monoisotopic (exact) mass is 388 g/mol. The Balaban J connectivity index is 1.74. The number of nitrogens with one attached hydrogen (secondary N) is 3. The highest BCUT2D eigenvalue weighted by molar-refractivity contribution is 5.91. The maximum absolute atomic E-state index is 12.2. The van der Waals surface area contributed by atoms with E-state index in [2.05, 4.69) is 30.3 Å². The van der Waals surface area contributed by atoms with Gasteiger partial charge in [0.15, 0.2) is 0 Å². The molecule has 2 aromatic heterocycles. The summed E-state index contributed by atoms with van der Waals surface area (Å²) in [5.41, 5.74) is 1.82. The van der Waals surface area contributed by atoms with E-state index < -0.39 is 6.36 Å². The molecule has 1 aromatic carbocycles. The number of alkyl halides is 3. The third-order valence-electron chi connectivity index (χ3n) is 3.56. The lowest BCUT2D eigenvalue weighted by molar-refractivity contribution is -0.274. The lowest BCUT2D eigenvalue weighted by Gasteiger charge is -2.13. The molecule has 0 atom stereocenters. The van der Waals surface area contributed by atoms with Crippen LogP contribution >= 0.6 is 0 Å². The standard InChI is InChI=1S/C18H15F3N6O/c19-18(20,21)28-14-5-3-13(4-6-14)27-17-15(8-22)16(25-11-26-17)24-10-12-2-1-7-23-9-12/h1-9,11,22H,10H2,(H2,24,25,26,27). The van der Waals surface area contributed by atoms with Gasteiger partial charge in [-0.15, -0.1) is 13.2 Å². The Bertz CT molecular complexity index is 932. The summed E-state index contributed by atoms with van der Waals surface area (Å²) in [5.74, 6) is 0.448. The number of nitrogens with zero attached hydrogens (tertiary/aromatic N) is 3. The van der Waals surface area contributed by atoms with Crippen LogP contribution in [0.5, 0.6) is 5.75 Å². The highest BCUT2D eigenvalue weighted by atomic mass is 19.4. The predicted octanol–water partition coefficient (Wildman–Crippen LogP) is 4.12. The summed E-state index contributed by atoms with van der Waals surface area (Å²) in [5, 5.41) is 13.7. The van der Waals surface area contributed by atoms with Gasteiger partial charge in [0.1, 0.15) is 23.7 Å². The van der Waals surface area contributed by atoms with Gasteiger partial charge in [-0.3, -0.25) is 4.98 Å². The molecule has 3 rings (SSSR count). The van der Waals surface area contributed by atoms with Crippen LogP contribution in [0.25, 0.3) is 0 Å². The fraction of sp³-hybridized carbons (Fsp3) is 0.111. The van der Waals surface area contributed by atoms with Crippen LogP contribution in [-0.4, -0.2) is 27.5 Å². The normalized spacial score (nSPS) is 11.0. The number of hydrogen-bond acceptors (Lipinski definition) is 7. The number of halogens is 3. The Morgan fingerprint density at radius 2 is 1.82 bits per heavy atom. The van der Waals surface area contributed by atoms with E-state index in [4.69, 9.17) is 5.41 Å². The minimum absolute atomic E-state index is 0.327. The fourth-order valence-electron chi connectivity index (χ4n) is 2.34. The molecular formula is C18H15F3N6O. The molecule has 2 heterocycles. The first-order chi connectivity index (χ1) is 13.4. The number of ether oxygens (including phenoxy) is 1. The van der Waals surface area contributed by atoms with Crippen LogP contribution < -0.4 is 15.4 Å². The molecular weight excluding hydrogens is 373 g/mol. The number of pyridine rings is 1. The largest absolute Gasteiger partial charge is 0.573 e. The van der Waals surface area contributed by atoms with Crippen molar-refractivity contribution < 1.29 is 17.9 Å². The van der Waals surface area contributed by atoms with Crippen LogP contribution in [0, 0.1) is 5.41 Å². The van der Waals surface area contributed by atoms with Gasteiger partial charge in [-0.1, -0.05) is 6.07 Å². The second-order valence-corrected chi connectivity index (χ2v) is 5.54. The van der Waals surface area contributed by atoms with Crippen molar-refractivity contribution in [2.75, 3.05) is 10.6 Å². The number of benzene rings is 1.